The van der Waals surface area contributed by atoms with E-state index >= 15 is 0 Å². The number of rotatable bonds is 18. The van der Waals surface area contributed by atoms with E-state index < -0.39 is 0 Å². The third-order valence-electron chi connectivity index (χ3n) is 28.0. The normalized spacial score (nSPS) is 11.8. The van der Waals surface area contributed by atoms with Crippen LogP contribution >= 0.6 is 0 Å². The van der Waals surface area contributed by atoms with Gasteiger partial charge in [-0.2, -0.15) is 0 Å². The summed E-state index contributed by atoms with van der Waals surface area (Å²) in [6.45, 7) is 0. The van der Waals surface area contributed by atoms with Crippen LogP contribution in [-0.2, 0) is 0 Å². The third kappa shape index (κ3) is 13.7. The quantitative estimate of drug-likeness (QED) is 0.0831. The lowest BCUT2D eigenvalue weighted by atomic mass is 10.0. The maximum Gasteiger partial charge on any atom is 0.164 e. The number of nitrogens with zero attached hydrogens (tertiary/aromatic N) is 9. The fraction of sp³-hybridized carbons (Fsp3) is 0. The highest BCUT2D eigenvalue weighted by molar-refractivity contribution is 6.15. The molecule has 12 nitrogen and oxygen atoms in total. The summed E-state index contributed by atoms with van der Waals surface area (Å²) in [5.41, 5.74) is 32.4. The summed E-state index contributed by atoms with van der Waals surface area (Å²) in [7, 11) is 0. The van der Waals surface area contributed by atoms with E-state index in [2.05, 4.69) is 483 Å². The van der Waals surface area contributed by atoms with Gasteiger partial charge in [-0.15, -0.1) is 0 Å². The minimum atomic E-state index is 0.482. The molecule has 141 heavy (non-hydrogen) atoms. The zero-order valence-electron chi connectivity index (χ0n) is 76.0. The predicted octanol–water partition coefficient (Wildman–Crippen LogP) is 35.3. The Kier molecular flexibility index (Phi) is 18.7. The number of hydrogen-bond acceptors (Lipinski definition) is 9. The van der Waals surface area contributed by atoms with Crippen molar-refractivity contribution in [2.24, 2.45) is 0 Å². The SMILES string of the molecule is c1ccc(-n2c3ccccc3c3cc(N(c4ccc(-c5ccc6oc7ccccc7c6c5)cc4)c4cccc(-c5nc(-c6cccc(N(c7ccc(-c8ccc9oc%10ccccc%10c9c8)cc7)c7ccc8c(c7)c7ccccc7n8-c7ccccc7)c6)nc(-c6cccc(N(c7ccc(-c8ccc9oc%10ccccc%10c9c8)cc7)c7ccc8c(c7)c7ccccc7n8-c7ccccc7)c6)n5)c4)ccc32)cc1. The van der Waals surface area contributed by atoms with Crippen molar-refractivity contribution >= 4 is 182 Å². The van der Waals surface area contributed by atoms with Crippen LogP contribution < -0.4 is 14.7 Å². The molecule has 28 rings (SSSR count). The average molecular weight is 1810 g/mol. The van der Waals surface area contributed by atoms with E-state index in [0.717, 1.165) is 250 Å². The van der Waals surface area contributed by atoms with Gasteiger partial charge in [-0.3, -0.25) is 0 Å². The average Bonchev–Trinajstić information content (AvgIpc) is 1.58. The van der Waals surface area contributed by atoms with Crippen molar-refractivity contribution in [1.82, 2.24) is 28.7 Å². The molecule has 21 aromatic carbocycles. The van der Waals surface area contributed by atoms with Gasteiger partial charge >= 0.3 is 0 Å². The van der Waals surface area contributed by atoms with E-state index in [1.54, 1.807) is 0 Å². The fourth-order valence-electron chi connectivity index (χ4n) is 21.4. The Hall–Kier alpha value is -19.2. The second-order valence-corrected chi connectivity index (χ2v) is 36.2. The van der Waals surface area contributed by atoms with Crippen LogP contribution in [0.5, 0.6) is 0 Å². The number of aromatic nitrogens is 6. The Morgan fingerprint density at radius 1 is 0.142 bits per heavy atom. The summed E-state index contributed by atoms with van der Waals surface area (Å²) in [6.07, 6.45) is 0. The number of hydrogen-bond donors (Lipinski definition) is 0. The Morgan fingerprint density at radius 2 is 0.376 bits per heavy atom. The lowest BCUT2D eigenvalue weighted by Gasteiger charge is -2.27. The van der Waals surface area contributed by atoms with Gasteiger partial charge in [-0.05, 0) is 270 Å². The largest absolute Gasteiger partial charge is 0.456 e. The Morgan fingerprint density at radius 3 is 0.674 bits per heavy atom. The zero-order chi connectivity index (χ0) is 92.7. The molecule has 0 fully saturated rings. The van der Waals surface area contributed by atoms with Crippen LogP contribution in [0.2, 0.25) is 0 Å². The lowest BCUT2D eigenvalue weighted by Crippen LogP contribution is -2.11. The molecule has 0 saturated carbocycles. The van der Waals surface area contributed by atoms with Crippen LogP contribution in [0.4, 0.5) is 51.2 Å². The van der Waals surface area contributed by atoms with Crippen LogP contribution in [0.15, 0.2) is 505 Å². The molecule has 0 N–H and O–H groups in total. The second-order valence-electron chi connectivity index (χ2n) is 36.2. The van der Waals surface area contributed by atoms with E-state index in [4.69, 9.17) is 28.2 Å². The van der Waals surface area contributed by atoms with Gasteiger partial charge in [0.2, 0.25) is 0 Å². The highest BCUT2D eigenvalue weighted by atomic mass is 16.3. The summed E-state index contributed by atoms with van der Waals surface area (Å²) in [4.78, 5) is 24.4. The Bertz CT molecular complexity index is 8940. The van der Waals surface area contributed by atoms with Crippen molar-refractivity contribution in [2.75, 3.05) is 14.7 Å². The molecular formula is C129H81N9O3. The molecule has 0 atom stereocenters. The van der Waals surface area contributed by atoms with Crippen LogP contribution in [0, 0.1) is 0 Å². The highest BCUT2D eigenvalue weighted by Gasteiger charge is 2.27. The molecule has 0 aliphatic heterocycles. The van der Waals surface area contributed by atoms with Crippen LogP contribution in [0.3, 0.4) is 0 Å². The van der Waals surface area contributed by atoms with Crippen LogP contribution in [0.1, 0.15) is 0 Å². The van der Waals surface area contributed by atoms with Gasteiger partial charge in [0.15, 0.2) is 17.5 Å². The van der Waals surface area contributed by atoms with E-state index in [-0.39, 0.29) is 0 Å². The lowest BCUT2D eigenvalue weighted by molar-refractivity contribution is 0.668. The number of anilines is 9. The van der Waals surface area contributed by atoms with Crippen molar-refractivity contribution in [3.63, 3.8) is 0 Å². The molecular weight excluding hydrogens is 1720 g/mol. The van der Waals surface area contributed by atoms with E-state index in [0.29, 0.717) is 17.5 Å². The first-order valence-corrected chi connectivity index (χ1v) is 47.6. The molecule has 660 valence electrons. The molecule has 0 bridgehead atoms. The van der Waals surface area contributed by atoms with Gasteiger partial charge in [0.25, 0.3) is 0 Å². The van der Waals surface area contributed by atoms with Gasteiger partial charge < -0.3 is 41.7 Å². The molecule has 28 aromatic rings. The molecule has 0 aliphatic rings. The number of fused-ring (bicyclic) bond motifs is 18. The van der Waals surface area contributed by atoms with Crippen molar-refractivity contribution in [3.05, 3.63) is 491 Å². The molecule has 0 radical (unpaired) electrons. The second kappa shape index (κ2) is 32.8. The molecule has 0 spiro atoms. The van der Waals surface area contributed by atoms with Crippen molar-refractivity contribution in [3.8, 4) is 84.6 Å². The maximum absolute atomic E-state index is 6.35. The van der Waals surface area contributed by atoms with Crippen LogP contribution in [0.25, 0.3) is 216 Å². The van der Waals surface area contributed by atoms with E-state index in [9.17, 15) is 0 Å². The molecule has 0 aliphatic carbocycles. The van der Waals surface area contributed by atoms with E-state index in [1.165, 1.54) is 0 Å². The predicted molar refractivity (Wildman–Crippen MR) is 581 cm³/mol. The Balaban J connectivity index is 0.630. The number of benzene rings is 21. The molecule has 0 saturated heterocycles. The number of para-hydroxylation sites is 9. The molecule has 7 heterocycles. The van der Waals surface area contributed by atoms with Gasteiger partial charge in [0, 0.05) is 150 Å². The monoisotopic (exact) mass is 1800 g/mol. The van der Waals surface area contributed by atoms with Crippen molar-refractivity contribution in [1.29, 1.82) is 0 Å². The Labute approximate surface area is 809 Å². The minimum Gasteiger partial charge on any atom is -0.456 e. The first kappa shape index (κ1) is 80.3. The summed E-state index contributed by atoms with van der Waals surface area (Å²) < 4.78 is 26.2. The maximum atomic E-state index is 6.35. The smallest absolute Gasteiger partial charge is 0.164 e. The molecule has 7 aromatic heterocycles. The topological polar surface area (TPSA) is 103 Å². The molecule has 0 amide bonds. The standard InChI is InChI=1S/C129H81N9O3/c1-4-28-91(29-5-1)136-115-43-16-10-37-103(115)109-79-100(64-67-118(109)136)133(94-58-49-82(50-59-94)85-55-70-124-112(76-85)106-40-13-19-46-121(106)139-124)97-34-22-25-88(73-97)127-130-128(89-26-23-35-98(74-89)134(95-60-51-83(52-61-95)86-56-71-125-113(77-86)107-41-14-20-47-122(107)140-125)101-65-68-119-110(80-101)104-38-11-17-44-116(104)137(119)92-30-6-2-7-31-92)132-129(131-127)90-27-24-36-99(75-90)135(96-62-53-84(54-63-96)87-57-72-126-114(78-87)108-42-15-21-48-123(108)141-126)102-66-69-120-111(81-102)105-39-12-18-45-117(105)138(120)93-32-8-3-9-33-93/h1-81H. The first-order chi connectivity index (χ1) is 69.8. The van der Waals surface area contributed by atoms with Gasteiger partial charge in [-0.25, -0.2) is 15.0 Å². The zero-order valence-corrected chi connectivity index (χ0v) is 76.0. The van der Waals surface area contributed by atoms with Crippen molar-refractivity contribution < 1.29 is 13.3 Å². The third-order valence-corrected chi connectivity index (χ3v) is 28.0. The highest BCUT2D eigenvalue weighted by Crippen LogP contribution is 2.49. The first-order valence-electron chi connectivity index (χ1n) is 47.6. The summed E-state index contributed by atoms with van der Waals surface area (Å²) >= 11 is 0. The van der Waals surface area contributed by atoms with Crippen molar-refractivity contribution in [2.45, 2.75) is 0 Å². The minimum absolute atomic E-state index is 0.482. The fourth-order valence-corrected chi connectivity index (χ4v) is 21.4. The van der Waals surface area contributed by atoms with Crippen LogP contribution in [-0.4, -0.2) is 28.7 Å². The van der Waals surface area contributed by atoms with Gasteiger partial charge in [0.05, 0.1) is 33.1 Å². The summed E-state index contributed by atoms with van der Waals surface area (Å²) in [5.74, 6) is 1.44. The van der Waals surface area contributed by atoms with Gasteiger partial charge in [-0.1, -0.05) is 255 Å². The summed E-state index contributed by atoms with van der Waals surface area (Å²) in [6, 6.07) is 176. The molecule has 12 heteroatoms. The summed E-state index contributed by atoms with van der Waals surface area (Å²) in [5, 5.41) is 13.3. The van der Waals surface area contributed by atoms with Gasteiger partial charge in [0.1, 0.15) is 33.5 Å². The van der Waals surface area contributed by atoms with E-state index in [1.807, 2.05) is 36.4 Å². The molecule has 0 unspecified atom stereocenters. The number of furan rings is 3.